The molecule has 106 valence electrons. The zero-order valence-corrected chi connectivity index (χ0v) is 11.8. The number of benzene rings is 1. The molecule has 1 saturated heterocycles. The van der Waals surface area contributed by atoms with Crippen molar-refractivity contribution in [3.63, 3.8) is 0 Å². The molecular formula is C15H23NO3. The van der Waals surface area contributed by atoms with E-state index < -0.39 is 0 Å². The van der Waals surface area contributed by atoms with Crippen molar-refractivity contribution in [2.24, 2.45) is 0 Å². The standard InChI is InChI=1S/C15H23NO3/c1-18-14-6-7-15(19-2)12(9-14)10-16-8-4-3-5-13(16)11-17/h6-7,9,13,17H,3-5,8,10-11H2,1-2H3. The molecule has 0 radical (unpaired) electrons. The summed E-state index contributed by atoms with van der Waals surface area (Å²) in [6.07, 6.45) is 3.47. The van der Waals surface area contributed by atoms with Crippen LogP contribution in [0.4, 0.5) is 0 Å². The highest BCUT2D eigenvalue weighted by molar-refractivity contribution is 5.40. The van der Waals surface area contributed by atoms with Crippen LogP contribution >= 0.6 is 0 Å². The molecule has 1 aromatic rings. The number of rotatable bonds is 5. The summed E-state index contributed by atoms with van der Waals surface area (Å²) in [6, 6.07) is 6.13. The normalized spacial score (nSPS) is 20.3. The molecule has 1 unspecified atom stereocenters. The highest BCUT2D eigenvalue weighted by atomic mass is 16.5. The van der Waals surface area contributed by atoms with Gasteiger partial charge in [0.1, 0.15) is 11.5 Å². The van der Waals surface area contributed by atoms with Crippen molar-refractivity contribution in [3.8, 4) is 11.5 Å². The molecule has 4 nitrogen and oxygen atoms in total. The Kier molecular flexibility index (Phi) is 5.05. The van der Waals surface area contributed by atoms with E-state index in [-0.39, 0.29) is 12.6 Å². The van der Waals surface area contributed by atoms with Gasteiger partial charge in [0.2, 0.25) is 0 Å². The summed E-state index contributed by atoms with van der Waals surface area (Å²) < 4.78 is 10.7. The van der Waals surface area contributed by atoms with Crippen molar-refractivity contribution in [3.05, 3.63) is 23.8 Å². The third-order valence-electron chi connectivity index (χ3n) is 3.82. The highest BCUT2D eigenvalue weighted by Crippen LogP contribution is 2.27. The van der Waals surface area contributed by atoms with Crippen LogP contribution in [0.2, 0.25) is 0 Å². The van der Waals surface area contributed by atoms with Gasteiger partial charge in [0, 0.05) is 18.2 Å². The average molecular weight is 265 g/mol. The van der Waals surface area contributed by atoms with E-state index in [0.717, 1.165) is 36.6 Å². The van der Waals surface area contributed by atoms with Gasteiger partial charge in [-0.05, 0) is 37.6 Å². The van der Waals surface area contributed by atoms with E-state index in [1.54, 1.807) is 14.2 Å². The molecule has 0 bridgehead atoms. The van der Waals surface area contributed by atoms with Gasteiger partial charge in [-0.2, -0.15) is 0 Å². The first kappa shape index (κ1) is 14.2. The van der Waals surface area contributed by atoms with Gasteiger partial charge in [-0.1, -0.05) is 6.42 Å². The summed E-state index contributed by atoms with van der Waals surface area (Å²) in [5.41, 5.74) is 1.11. The number of hydrogen-bond acceptors (Lipinski definition) is 4. The number of nitrogens with zero attached hydrogens (tertiary/aromatic N) is 1. The Labute approximate surface area is 114 Å². The molecule has 0 aromatic heterocycles. The topological polar surface area (TPSA) is 41.9 Å². The van der Waals surface area contributed by atoms with E-state index in [1.165, 1.54) is 12.8 Å². The molecular weight excluding hydrogens is 242 g/mol. The van der Waals surface area contributed by atoms with Crippen LogP contribution < -0.4 is 9.47 Å². The maximum Gasteiger partial charge on any atom is 0.123 e. The van der Waals surface area contributed by atoms with E-state index >= 15 is 0 Å². The minimum Gasteiger partial charge on any atom is -0.497 e. The summed E-state index contributed by atoms with van der Waals surface area (Å²) in [6.45, 7) is 2.06. The first-order valence-corrected chi connectivity index (χ1v) is 6.84. The predicted molar refractivity (Wildman–Crippen MR) is 74.7 cm³/mol. The molecule has 1 aliphatic heterocycles. The quantitative estimate of drug-likeness (QED) is 0.885. The Hall–Kier alpha value is -1.26. The minimum absolute atomic E-state index is 0.228. The lowest BCUT2D eigenvalue weighted by atomic mass is 10.0. The van der Waals surface area contributed by atoms with E-state index in [9.17, 15) is 5.11 Å². The average Bonchev–Trinajstić information content (AvgIpc) is 2.47. The zero-order valence-electron chi connectivity index (χ0n) is 11.8. The smallest absolute Gasteiger partial charge is 0.123 e. The maximum atomic E-state index is 9.47. The summed E-state index contributed by atoms with van der Waals surface area (Å²) >= 11 is 0. The fourth-order valence-corrected chi connectivity index (χ4v) is 2.70. The second-order valence-electron chi connectivity index (χ2n) is 4.98. The molecule has 1 N–H and O–H groups in total. The predicted octanol–water partition coefficient (Wildman–Crippen LogP) is 2.05. The fourth-order valence-electron chi connectivity index (χ4n) is 2.70. The van der Waals surface area contributed by atoms with E-state index in [2.05, 4.69) is 4.90 Å². The molecule has 19 heavy (non-hydrogen) atoms. The third kappa shape index (κ3) is 3.39. The van der Waals surface area contributed by atoms with Gasteiger partial charge in [0.15, 0.2) is 0 Å². The molecule has 1 aromatic carbocycles. The van der Waals surface area contributed by atoms with E-state index in [0.29, 0.717) is 0 Å². The van der Waals surface area contributed by atoms with Gasteiger partial charge in [0.05, 0.1) is 20.8 Å². The summed E-state index contributed by atoms with van der Waals surface area (Å²) in [7, 11) is 3.36. The van der Waals surface area contributed by atoms with E-state index in [4.69, 9.17) is 9.47 Å². The van der Waals surface area contributed by atoms with Crippen molar-refractivity contribution in [1.29, 1.82) is 0 Å². The lowest BCUT2D eigenvalue weighted by molar-refractivity contribution is 0.0834. The molecule has 0 spiro atoms. The molecule has 4 heteroatoms. The second kappa shape index (κ2) is 6.78. The van der Waals surface area contributed by atoms with E-state index in [1.807, 2.05) is 18.2 Å². The molecule has 1 heterocycles. The number of piperidine rings is 1. The largest absolute Gasteiger partial charge is 0.497 e. The van der Waals surface area contributed by atoms with Gasteiger partial charge in [0.25, 0.3) is 0 Å². The number of aliphatic hydroxyl groups is 1. The molecule has 0 aliphatic carbocycles. The van der Waals surface area contributed by atoms with Crippen LogP contribution in [0.25, 0.3) is 0 Å². The van der Waals surface area contributed by atoms with Gasteiger partial charge < -0.3 is 14.6 Å². The van der Waals surface area contributed by atoms with Gasteiger partial charge in [-0.15, -0.1) is 0 Å². The Bertz CT molecular complexity index is 408. The molecule has 1 atom stereocenters. The van der Waals surface area contributed by atoms with Crippen molar-refractivity contribution in [1.82, 2.24) is 4.90 Å². The van der Waals surface area contributed by atoms with Gasteiger partial charge in [-0.3, -0.25) is 4.90 Å². The molecule has 1 aliphatic rings. The first-order chi connectivity index (χ1) is 9.28. The Morgan fingerprint density at radius 2 is 2.11 bits per heavy atom. The fraction of sp³-hybridized carbons (Fsp3) is 0.600. The zero-order chi connectivity index (χ0) is 13.7. The van der Waals surface area contributed by atoms with Crippen LogP contribution in [-0.2, 0) is 6.54 Å². The van der Waals surface area contributed by atoms with Crippen LogP contribution in [0, 0.1) is 0 Å². The Morgan fingerprint density at radius 3 is 2.79 bits per heavy atom. The van der Waals surface area contributed by atoms with Gasteiger partial charge >= 0.3 is 0 Å². The van der Waals surface area contributed by atoms with Crippen molar-refractivity contribution < 1.29 is 14.6 Å². The number of ether oxygens (including phenoxy) is 2. The second-order valence-corrected chi connectivity index (χ2v) is 4.98. The van der Waals surface area contributed by atoms with Crippen LogP contribution in [0.5, 0.6) is 11.5 Å². The lowest BCUT2D eigenvalue weighted by Gasteiger charge is -2.34. The summed E-state index contributed by atoms with van der Waals surface area (Å²) in [4.78, 5) is 2.33. The van der Waals surface area contributed by atoms with Crippen LogP contribution in [0.15, 0.2) is 18.2 Å². The molecule has 2 rings (SSSR count). The van der Waals surface area contributed by atoms with Crippen molar-refractivity contribution >= 4 is 0 Å². The Morgan fingerprint density at radius 1 is 1.26 bits per heavy atom. The van der Waals surface area contributed by atoms with Crippen LogP contribution in [0.3, 0.4) is 0 Å². The summed E-state index contributed by atoms with van der Waals surface area (Å²) in [5.74, 6) is 1.72. The number of likely N-dealkylation sites (tertiary alicyclic amines) is 1. The maximum absolute atomic E-state index is 9.47. The van der Waals surface area contributed by atoms with Crippen LogP contribution in [-0.4, -0.2) is 43.4 Å². The summed E-state index contributed by atoms with van der Waals surface area (Å²) in [5, 5.41) is 9.47. The molecule has 0 amide bonds. The van der Waals surface area contributed by atoms with Crippen LogP contribution in [0.1, 0.15) is 24.8 Å². The SMILES string of the molecule is COc1ccc(OC)c(CN2CCCCC2CO)c1. The third-order valence-corrected chi connectivity index (χ3v) is 3.82. The number of aliphatic hydroxyl groups excluding tert-OH is 1. The minimum atomic E-state index is 0.228. The lowest BCUT2D eigenvalue weighted by Crippen LogP contribution is -2.41. The van der Waals surface area contributed by atoms with Gasteiger partial charge in [-0.25, -0.2) is 0 Å². The highest BCUT2D eigenvalue weighted by Gasteiger charge is 2.22. The number of methoxy groups -OCH3 is 2. The van der Waals surface area contributed by atoms with Crippen molar-refractivity contribution in [2.45, 2.75) is 31.8 Å². The first-order valence-electron chi connectivity index (χ1n) is 6.84. The molecule has 1 fully saturated rings. The monoisotopic (exact) mass is 265 g/mol. The Balaban J connectivity index is 2.16. The number of hydrogen-bond donors (Lipinski definition) is 1. The molecule has 0 saturated carbocycles. The van der Waals surface area contributed by atoms with Crippen molar-refractivity contribution in [2.75, 3.05) is 27.4 Å².